The highest BCUT2D eigenvalue weighted by Gasteiger charge is 2.46. The molecule has 1 heterocycles. The molecule has 1 aromatic rings. The lowest BCUT2D eigenvalue weighted by atomic mass is 9.61. The maximum absolute atomic E-state index is 7.31. The van der Waals surface area contributed by atoms with Gasteiger partial charge < -0.3 is 4.85 Å². The number of hydrogen-bond donors (Lipinski definition) is 0. The van der Waals surface area contributed by atoms with E-state index in [1.54, 1.807) is 0 Å². The summed E-state index contributed by atoms with van der Waals surface area (Å²) in [6.45, 7) is 18.0. The van der Waals surface area contributed by atoms with Gasteiger partial charge in [-0.3, -0.25) is 4.90 Å². The first kappa shape index (κ1) is 16.5. The minimum atomic E-state index is 0.180. The molecule has 21 heavy (non-hydrogen) atoms. The number of hydrogen-bond acceptors (Lipinski definition) is 1. The molecule has 0 unspecified atom stereocenters. The van der Waals surface area contributed by atoms with Gasteiger partial charge >= 0.3 is 0 Å². The molecule has 1 aromatic carbocycles. The van der Waals surface area contributed by atoms with Crippen LogP contribution in [0, 0.1) is 17.4 Å². The van der Waals surface area contributed by atoms with Crippen LogP contribution in [0.25, 0.3) is 4.85 Å². The predicted octanol–water partition coefficient (Wildman–Crippen LogP) is 5.00. The Kier molecular flexibility index (Phi) is 5.11. The molecule has 0 atom stereocenters. The first-order valence-corrected chi connectivity index (χ1v) is 8.46. The minimum absolute atomic E-state index is 0.180. The quantitative estimate of drug-likeness (QED) is 0.697. The summed E-state index contributed by atoms with van der Waals surface area (Å²) in [4.78, 5) is 6.27. The zero-order valence-electron chi connectivity index (χ0n) is 13.3. The van der Waals surface area contributed by atoms with Crippen LogP contribution in [0.5, 0.6) is 0 Å². The lowest BCUT2D eigenvalue weighted by Gasteiger charge is -2.46. The van der Waals surface area contributed by atoms with Gasteiger partial charge in [-0.15, -0.1) is 0 Å². The standard InChI is InChI=1S/C18H25BrN2/c1-17(2,3)18(14-20-4)9-11-21(12-10-18)13-15-7-5-6-8-16(15)19/h5-8H,9-14H2,1-3H3. The van der Waals surface area contributed by atoms with Crippen LogP contribution in [0.4, 0.5) is 0 Å². The maximum atomic E-state index is 7.31. The summed E-state index contributed by atoms with van der Waals surface area (Å²) >= 11 is 3.64. The lowest BCUT2D eigenvalue weighted by Crippen LogP contribution is -2.48. The summed E-state index contributed by atoms with van der Waals surface area (Å²) in [5, 5.41) is 0. The molecule has 0 aromatic heterocycles. The van der Waals surface area contributed by atoms with Gasteiger partial charge in [0.05, 0.1) is 0 Å². The normalized spacial score (nSPS) is 19.2. The molecule has 1 aliphatic heterocycles. The molecule has 2 rings (SSSR count). The third-order valence-corrected chi connectivity index (χ3v) is 5.91. The second-order valence-corrected chi connectivity index (χ2v) is 8.07. The molecule has 0 radical (unpaired) electrons. The molecule has 3 heteroatoms. The molecule has 0 N–H and O–H groups in total. The van der Waals surface area contributed by atoms with E-state index in [1.165, 1.54) is 10.0 Å². The van der Waals surface area contributed by atoms with Gasteiger partial charge in [0.2, 0.25) is 6.54 Å². The van der Waals surface area contributed by atoms with Gasteiger partial charge in [0, 0.05) is 16.4 Å². The largest absolute Gasteiger partial charge is 0.316 e. The van der Waals surface area contributed by atoms with E-state index in [0.29, 0.717) is 6.54 Å². The average Bonchev–Trinajstić information content (AvgIpc) is 2.42. The summed E-state index contributed by atoms with van der Waals surface area (Å²) in [5.74, 6) is 0. The average molecular weight is 349 g/mol. The number of benzene rings is 1. The Hall–Kier alpha value is -0.850. The van der Waals surface area contributed by atoms with E-state index in [-0.39, 0.29) is 10.8 Å². The van der Waals surface area contributed by atoms with Crippen molar-refractivity contribution in [2.45, 2.75) is 40.2 Å². The van der Waals surface area contributed by atoms with Crippen molar-refractivity contribution >= 4 is 15.9 Å². The molecular formula is C18H25BrN2. The van der Waals surface area contributed by atoms with E-state index in [2.05, 4.69) is 70.7 Å². The highest BCUT2D eigenvalue weighted by Crippen LogP contribution is 2.47. The topological polar surface area (TPSA) is 7.60 Å². The zero-order valence-corrected chi connectivity index (χ0v) is 14.9. The number of likely N-dealkylation sites (tertiary alicyclic amines) is 1. The molecular weight excluding hydrogens is 324 g/mol. The van der Waals surface area contributed by atoms with Gasteiger partial charge in [-0.2, -0.15) is 0 Å². The first-order chi connectivity index (χ1) is 9.88. The molecule has 0 aliphatic carbocycles. The van der Waals surface area contributed by atoms with Crippen LogP contribution in [-0.4, -0.2) is 24.5 Å². The number of halogens is 1. The SMILES string of the molecule is [C-]#[N+]CC1(C(C)(C)C)CCN(Cc2ccccc2Br)CC1. The fourth-order valence-corrected chi connectivity index (χ4v) is 3.71. The molecule has 114 valence electrons. The van der Waals surface area contributed by atoms with Gasteiger partial charge in [0.25, 0.3) is 0 Å². The summed E-state index contributed by atoms with van der Waals surface area (Å²) < 4.78 is 1.19. The lowest BCUT2D eigenvalue weighted by molar-refractivity contribution is 0.0172. The molecule has 0 saturated carbocycles. The number of piperidine rings is 1. The fraction of sp³-hybridized carbons (Fsp3) is 0.611. The van der Waals surface area contributed by atoms with Crippen molar-refractivity contribution in [2.24, 2.45) is 10.8 Å². The molecule has 1 aliphatic rings. The minimum Gasteiger partial charge on any atom is -0.316 e. The molecule has 0 spiro atoms. The smallest absolute Gasteiger partial charge is 0.220 e. The Balaban J connectivity index is 2.03. The van der Waals surface area contributed by atoms with Crippen molar-refractivity contribution in [1.29, 1.82) is 0 Å². The van der Waals surface area contributed by atoms with Crippen LogP contribution in [0.3, 0.4) is 0 Å². The molecule has 0 amide bonds. The van der Waals surface area contributed by atoms with Gasteiger partial charge in [0.15, 0.2) is 0 Å². The van der Waals surface area contributed by atoms with Crippen molar-refractivity contribution in [1.82, 2.24) is 4.90 Å². The Bertz CT molecular complexity index is 517. The van der Waals surface area contributed by atoms with E-state index in [9.17, 15) is 0 Å². The summed E-state index contributed by atoms with van der Waals surface area (Å²) in [5.41, 5.74) is 1.74. The van der Waals surface area contributed by atoms with Crippen LogP contribution < -0.4 is 0 Å². The third-order valence-electron chi connectivity index (χ3n) is 5.14. The van der Waals surface area contributed by atoms with Gasteiger partial charge in [-0.05, 0) is 43.0 Å². The molecule has 0 bridgehead atoms. The van der Waals surface area contributed by atoms with E-state index in [0.717, 1.165) is 32.5 Å². The van der Waals surface area contributed by atoms with Crippen molar-refractivity contribution in [3.8, 4) is 0 Å². The predicted molar refractivity (Wildman–Crippen MR) is 92.0 cm³/mol. The molecule has 1 fully saturated rings. The first-order valence-electron chi connectivity index (χ1n) is 7.67. The van der Waals surface area contributed by atoms with Crippen LogP contribution in [0.1, 0.15) is 39.2 Å². The Morgan fingerprint density at radius 3 is 2.38 bits per heavy atom. The number of rotatable bonds is 3. The maximum Gasteiger partial charge on any atom is 0.220 e. The Morgan fingerprint density at radius 2 is 1.86 bits per heavy atom. The van der Waals surface area contributed by atoms with Crippen LogP contribution >= 0.6 is 15.9 Å². The third kappa shape index (κ3) is 3.67. The van der Waals surface area contributed by atoms with E-state index >= 15 is 0 Å². The van der Waals surface area contributed by atoms with E-state index in [4.69, 9.17) is 6.57 Å². The van der Waals surface area contributed by atoms with Gasteiger partial charge in [-0.1, -0.05) is 54.9 Å². The van der Waals surface area contributed by atoms with Crippen molar-refractivity contribution < 1.29 is 0 Å². The highest BCUT2D eigenvalue weighted by molar-refractivity contribution is 9.10. The van der Waals surface area contributed by atoms with Gasteiger partial charge in [-0.25, -0.2) is 6.57 Å². The van der Waals surface area contributed by atoms with Crippen LogP contribution in [0.2, 0.25) is 0 Å². The zero-order chi connectivity index (χ0) is 15.5. The summed E-state index contributed by atoms with van der Waals surface area (Å²) in [6, 6.07) is 8.46. The Labute approximate surface area is 137 Å². The monoisotopic (exact) mass is 348 g/mol. The second kappa shape index (κ2) is 6.50. The van der Waals surface area contributed by atoms with E-state index in [1.807, 2.05) is 0 Å². The van der Waals surface area contributed by atoms with Crippen molar-refractivity contribution in [3.05, 3.63) is 45.7 Å². The Morgan fingerprint density at radius 1 is 1.24 bits per heavy atom. The van der Waals surface area contributed by atoms with E-state index < -0.39 is 0 Å². The summed E-state index contributed by atoms with van der Waals surface area (Å²) in [6.07, 6.45) is 2.26. The number of nitrogens with zero attached hydrogens (tertiary/aromatic N) is 2. The van der Waals surface area contributed by atoms with Gasteiger partial charge in [0.1, 0.15) is 0 Å². The van der Waals surface area contributed by atoms with Crippen molar-refractivity contribution in [3.63, 3.8) is 0 Å². The van der Waals surface area contributed by atoms with Crippen LogP contribution in [-0.2, 0) is 6.54 Å². The van der Waals surface area contributed by atoms with Crippen LogP contribution in [0.15, 0.2) is 28.7 Å². The summed E-state index contributed by atoms with van der Waals surface area (Å²) in [7, 11) is 0. The molecule has 1 saturated heterocycles. The fourth-order valence-electron chi connectivity index (χ4n) is 3.30. The van der Waals surface area contributed by atoms with Crippen molar-refractivity contribution in [2.75, 3.05) is 19.6 Å². The highest BCUT2D eigenvalue weighted by atomic mass is 79.9. The second-order valence-electron chi connectivity index (χ2n) is 7.21. The molecule has 2 nitrogen and oxygen atoms in total.